The van der Waals surface area contributed by atoms with Gasteiger partial charge in [0.2, 0.25) is 52.4 Å². The van der Waals surface area contributed by atoms with Crippen molar-refractivity contribution in [1.29, 1.82) is 0 Å². The number of aromatic nitrogens is 4. The lowest BCUT2D eigenvalue weighted by Crippen LogP contribution is -2.24. The van der Waals surface area contributed by atoms with Crippen LogP contribution >= 0.6 is 0 Å². The number of ether oxygens (including phenoxy) is 4. The van der Waals surface area contributed by atoms with E-state index in [-0.39, 0.29) is 37.1 Å². The first-order valence-electron chi connectivity index (χ1n) is 11.5. The summed E-state index contributed by atoms with van der Waals surface area (Å²) in [5.41, 5.74) is 1.32. The normalized spacial score (nSPS) is 11.7. The summed E-state index contributed by atoms with van der Waals surface area (Å²) in [6.45, 7) is 2.64. The highest BCUT2D eigenvalue weighted by molar-refractivity contribution is 5.76. The number of carbonyl (C=O) groups is 2. The Morgan fingerprint density at radius 2 is 1.45 bits per heavy atom. The molecule has 214 valence electrons. The molecule has 1 N–H and O–H groups in total. The average Bonchev–Trinajstić information content (AvgIpc) is 2.96. The van der Waals surface area contributed by atoms with Crippen LogP contribution in [0.3, 0.4) is 0 Å². The SMILES string of the molecule is COCCOCCC(=O)NCc1ccc(-c2nnc(C(C)OC(=O)Oc3c(F)c(F)c(F)c(F)c3F)nn2)cc1. The molecule has 1 heterocycles. The maximum absolute atomic E-state index is 13.7. The van der Waals surface area contributed by atoms with Gasteiger partial charge in [-0.05, 0) is 12.5 Å². The minimum atomic E-state index is -2.41. The monoisotopic (exact) mass is 571 g/mol. The molecule has 0 aliphatic heterocycles. The van der Waals surface area contributed by atoms with Crippen LogP contribution < -0.4 is 10.1 Å². The number of hydrogen-bond acceptors (Lipinski definition) is 10. The lowest BCUT2D eigenvalue weighted by atomic mass is 10.1. The number of rotatable bonds is 12. The van der Waals surface area contributed by atoms with Gasteiger partial charge < -0.3 is 24.3 Å². The van der Waals surface area contributed by atoms with E-state index < -0.39 is 47.1 Å². The Kier molecular flexibility index (Phi) is 10.7. The van der Waals surface area contributed by atoms with Gasteiger partial charge >= 0.3 is 6.16 Å². The summed E-state index contributed by atoms with van der Waals surface area (Å²) in [6, 6.07) is 6.77. The van der Waals surface area contributed by atoms with Crippen LogP contribution in [0.4, 0.5) is 26.7 Å². The third-order valence-corrected chi connectivity index (χ3v) is 5.09. The molecule has 0 saturated heterocycles. The molecule has 0 aliphatic carbocycles. The first kappa shape index (κ1) is 30.2. The number of halogens is 5. The molecule has 1 amide bonds. The predicted molar refractivity (Wildman–Crippen MR) is 124 cm³/mol. The maximum atomic E-state index is 13.7. The Morgan fingerprint density at radius 3 is 2.05 bits per heavy atom. The Hall–Kier alpha value is -4.31. The molecule has 11 nitrogen and oxygen atoms in total. The number of carbonyl (C=O) groups excluding carboxylic acids is 2. The highest BCUT2D eigenvalue weighted by Crippen LogP contribution is 2.29. The van der Waals surface area contributed by atoms with E-state index in [0.29, 0.717) is 18.8 Å². The summed E-state index contributed by atoms with van der Waals surface area (Å²) in [6.07, 6.45) is -2.90. The molecule has 2 aromatic carbocycles. The maximum Gasteiger partial charge on any atom is 0.514 e. The molecular weight excluding hydrogens is 549 g/mol. The largest absolute Gasteiger partial charge is 0.514 e. The number of nitrogens with one attached hydrogen (secondary N) is 1. The fourth-order valence-corrected chi connectivity index (χ4v) is 2.96. The van der Waals surface area contributed by atoms with Gasteiger partial charge in [0, 0.05) is 25.6 Å². The second-order valence-electron chi connectivity index (χ2n) is 7.92. The third-order valence-electron chi connectivity index (χ3n) is 5.09. The fourth-order valence-electron chi connectivity index (χ4n) is 2.96. The van der Waals surface area contributed by atoms with E-state index >= 15 is 0 Å². The Labute approximate surface area is 223 Å². The number of nitrogens with zero attached hydrogens (tertiary/aromatic N) is 4. The zero-order valence-corrected chi connectivity index (χ0v) is 21.1. The van der Waals surface area contributed by atoms with Gasteiger partial charge in [-0.25, -0.2) is 18.0 Å². The summed E-state index contributed by atoms with van der Waals surface area (Å²) in [4.78, 5) is 23.7. The van der Waals surface area contributed by atoms with Crippen LogP contribution in [0.2, 0.25) is 0 Å². The molecule has 1 atom stereocenters. The van der Waals surface area contributed by atoms with E-state index in [4.69, 9.17) is 14.2 Å². The molecule has 0 spiro atoms. The molecule has 1 aromatic heterocycles. The fraction of sp³-hybridized carbons (Fsp3) is 0.333. The summed E-state index contributed by atoms with van der Waals surface area (Å²) in [5, 5.41) is 18.0. The Bertz CT molecular complexity index is 1300. The molecule has 3 aromatic rings. The van der Waals surface area contributed by atoms with Crippen molar-refractivity contribution in [2.75, 3.05) is 26.9 Å². The predicted octanol–water partition coefficient (Wildman–Crippen LogP) is 3.58. The van der Waals surface area contributed by atoms with Crippen LogP contribution in [-0.2, 0) is 25.5 Å². The minimum Gasteiger partial charge on any atom is -0.423 e. The summed E-state index contributed by atoms with van der Waals surface area (Å²) < 4.78 is 86.0. The average molecular weight is 571 g/mol. The van der Waals surface area contributed by atoms with Crippen molar-refractivity contribution >= 4 is 12.1 Å². The van der Waals surface area contributed by atoms with E-state index in [1.807, 2.05) is 0 Å². The van der Waals surface area contributed by atoms with Crippen molar-refractivity contribution < 1.29 is 50.5 Å². The van der Waals surface area contributed by atoms with E-state index in [1.54, 1.807) is 31.4 Å². The second-order valence-corrected chi connectivity index (χ2v) is 7.92. The molecule has 0 aliphatic rings. The van der Waals surface area contributed by atoms with Crippen LogP contribution in [0.25, 0.3) is 11.4 Å². The van der Waals surface area contributed by atoms with Gasteiger partial charge in [0.15, 0.2) is 6.10 Å². The highest BCUT2D eigenvalue weighted by Gasteiger charge is 2.30. The van der Waals surface area contributed by atoms with E-state index in [1.165, 1.54) is 6.92 Å². The first-order valence-corrected chi connectivity index (χ1v) is 11.5. The van der Waals surface area contributed by atoms with Gasteiger partial charge in [0.05, 0.1) is 19.8 Å². The van der Waals surface area contributed by atoms with Crippen molar-refractivity contribution in [2.45, 2.75) is 26.0 Å². The molecule has 3 rings (SSSR count). The number of benzene rings is 2. The van der Waals surface area contributed by atoms with Crippen LogP contribution in [0, 0.1) is 29.1 Å². The molecule has 0 radical (unpaired) electrons. The molecule has 1 unspecified atom stereocenters. The first-order chi connectivity index (χ1) is 19.1. The van der Waals surface area contributed by atoms with Crippen molar-refractivity contribution in [2.24, 2.45) is 0 Å². The molecule has 16 heteroatoms. The molecular formula is C24H22F5N5O6. The Balaban J connectivity index is 1.52. The molecule has 0 bridgehead atoms. The Morgan fingerprint density at radius 1 is 0.850 bits per heavy atom. The van der Waals surface area contributed by atoms with E-state index in [0.717, 1.165) is 5.56 Å². The third kappa shape index (κ3) is 7.86. The smallest absolute Gasteiger partial charge is 0.423 e. The standard InChI is InChI=1S/C24H22F5N5O6/c1-12(39-24(36)40-21-19(28)17(26)16(25)18(27)20(21)29)22-31-33-23(34-32-22)14-5-3-13(4-6-14)11-30-15(35)7-8-38-10-9-37-2/h3-6,12H,7-11H2,1-2H3,(H,30,35). The summed E-state index contributed by atoms with van der Waals surface area (Å²) in [7, 11) is 1.55. The molecule has 0 fully saturated rings. The van der Waals surface area contributed by atoms with Crippen molar-refractivity contribution in [3.8, 4) is 17.1 Å². The number of methoxy groups -OCH3 is 1. The quantitative estimate of drug-likeness (QED) is 0.0859. The van der Waals surface area contributed by atoms with Gasteiger partial charge in [-0.2, -0.15) is 8.78 Å². The molecule has 0 saturated carbocycles. The number of hydrogen-bond donors (Lipinski definition) is 1. The zero-order chi connectivity index (χ0) is 29.2. The van der Waals surface area contributed by atoms with Crippen LogP contribution in [0.5, 0.6) is 5.75 Å². The molecule has 40 heavy (non-hydrogen) atoms. The van der Waals surface area contributed by atoms with Gasteiger partial charge in [-0.1, -0.05) is 24.3 Å². The van der Waals surface area contributed by atoms with Crippen LogP contribution in [-0.4, -0.2) is 59.4 Å². The van der Waals surface area contributed by atoms with E-state index in [2.05, 4.69) is 30.4 Å². The van der Waals surface area contributed by atoms with Crippen LogP contribution in [0.1, 0.15) is 30.8 Å². The van der Waals surface area contributed by atoms with Gasteiger partial charge in [-0.3, -0.25) is 4.79 Å². The van der Waals surface area contributed by atoms with Crippen molar-refractivity contribution in [1.82, 2.24) is 25.7 Å². The van der Waals surface area contributed by atoms with Gasteiger partial charge in [-0.15, -0.1) is 20.4 Å². The zero-order valence-electron chi connectivity index (χ0n) is 21.1. The van der Waals surface area contributed by atoms with Crippen molar-refractivity contribution in [3.63, 3.8) is 0 Å². The van der Waals surface area contributed by atoms with Crippen LogP contribution in [0.15, 0.2) is 24.3 Å². The van der Waals surface area contributed by atoms with Gasteiger partial charge in [0.1, 0.15) is 0 Å². The lowest BCUT2D eigenvalue weighted by Gasteiger charge is -2.12. The summed E-state index contributed by atoms with van der Waals surface area (Å²) in [5.74, 6) is -13.8. The minimum absolute atomic E-state index is 0.101. The second kappa shape index (κ2) is 14.2. The van der Waals surface area contributed by atoms with Crippen molar-refractivity contribution in [3.05, 3.63) is 64.7 Å². The highest BCUT2D eigenvalue weighted by atomic mass is 19.2. The number of amides is 1. The van der Waals surface area contributed by atoms with E-state index in [9.17, 15) is 31.5 Å². The topological polar surface area (TPSA) is 135 Å². The summed E-state index contributed by atoms with van der Waals surface area (Å²) >= 11 is 0. The van der Waals surface area contributed by atoms with Gasteiger partial charge in [0.25, 0.3) is 0 Å². The lowest BCUT2D eigenvalue weighted by molar-refractivity contribution is -0.122.